The number of nitrogens with zero attached hydrogens (tertiary/aromatic N) is 2. The summed E-state index contributed by atoms with van der Waals surface area (Å²) in [7, 11) is 1.65. The van der Waals surface area contributed by atoms with Crippen molar-refractivity contribution < 1.29 is 9.84 Å². The average molecular weight is 242 g/mol. The Morgan fingerprint density at radius 1 is 1.38 bits per heavy atom. The molecule has 1 aliphatic heterocycles. The van der Waals surface area contributed by atoms with Gasteiger partial charge < -0.3 is 14.7 Å². The van der Waals surface area contributed by atoms with Crippen molar-refractivity contribution in [2.75, 3.05) is 25.1 Å². The van der Waals surface area contributed by atoms with Crippen LogP contribution in [0, 0.1) is 0 Å². The smallest absolute Gasteiger partial charge is 0.185 e. The van der Waals surface area contributed by atoms with Crippen molar-refractivity contribution >= 4 is 16.5 Å². The average Bonchev–Trinajstić information content (AvgIpc) is 2.74. The first-order chi connectivity index (χ1) is 7.85. The number of anilines is 1. The molecule has 0 radical (unpaired) electrons. The van der Waals surface area contributed by atoms with Crippen LogP contribution in [-0.4, -0.2) is 30.3 Å². The van der Waals surface area contributed by atoms with Crippen molar-refractivity contribution in [3.63, 3.8) is 0 Å². The van der Waals surface area contributed by atoms with E-state index in [4.69, 9.17) is 4.74 Å². The number of aliphatic hydroxyl groups excluding tert-OH is 1. The summed E-state index contributed by atoms with van der Waals surface area (Å²) in [6.45, 7) is 2.72. The third-order valence-electron chi connectivity index (χ3n) is 2.82. The van der Waals surface area contributed by atoms with E-state index in [-0.39, 0.29) is 6.61 Å². The fourth-order valence-corrected chi connectivity index (χ4v) is 2.94. The van der Waals surface area contributed by atoms with E-state index in [0.717, 1.165) is 28.8 Å². The topological polar surface area (TPSA) is 45.6 Å². The van der Waals surface area contributed by atoms with E-state index in [1.807, 2.05) is 0 Å². The fraction of sp³-hybridized carbons (Fsp3) is 0.727. The number of hydrogen-bond acceptors (Lipinski definition) is 5. The largest absolute Gasteiger partial charge is 0.391 e. The Hall–Kier alpha value is -0.650. The normalized spacial score (nSPS) is 16.8. The predicted molar refractivity (Wildman–Crippen MR) is 64.8 cm³/mol. The van der Waals surface area contributed by atoms with Gasteiger partial charge in [-0.3, -0.25) is 0 Å². The van der Waals surface area contributed by atoms with E-state index < -0.39 is 0 Å². The second-order valence-electron chi connectivity index (χ2n) is 4.01. The molecule has 0 atom stereocenters. The molecule has 0 spiro atoms. The molecule has 0 aromatic carbocycles. The van der Waals surface area contributed by atoms with Crippen LogP contribution in [-0.2, 0) is 18.0 Å². The van der Waals surface area contributed by atoms with Crippen LogP contribution in [0.4, 0.5) is 5.13 Å². The number of methoxy groups -OCH3 is 1. The van der Waals surface area contributed by atoms with Crippen LogP contribution in [0.2, 0.25) is 0 Å². The maximum atomic E-state index is 9.25. The summed E-state index contributed by atoms with van der Waals surface area (Å²) in [6, 6.07) is 0. The standard InChI is InChI=1S/C11H18N2O2S/c1-15-8-9-10(7-14)16-11(12-9)13-5-3-2-4-6-13/h14H,2-8H2,1H3. The summed E-state index contributed by atoms with van der Waals surface area (Å²) >= 11 is 1.59. The second-order valence-corrected chi connectivity index (χ2v) is 5.07. The van der Waals surface area contributed by atoms with Gasteiger partial charge in [-0.25, -0.2) is 4.98 Å². The van der Waals surface area contributed by atoms with Crippen molar-refractivity contribution in [3.05, 3.63) is 10.6 Å². The number of aromatic nitrogens is 1. The molecule has 1 aromatic rings. The highest BCUT2D eigenvalue weighted by atomic mass is 32.1. The molecule has 0 aliphatic carbocycles. The Bertz CT molecular complexity index is 335. The molecule has 2 heterocycles. The Labute approximate surface area is 99.9 Å². The molecule has 16 heavy (non-hydrogen) atoms. The first-order valence-electron chi connectivity index (χ1n) is 5.68. The van der Waals surface area contributed by atoms with Gasteiger partial charge in [0.05, 0.1) is 23.8 Å². The highest BCUT2D eigenvalue weighted by Gasteiger charge is 2.17. The van der Waals surface area contributed by atoms with Gasteiger partial charge >= 0.3 is 0 Å². The van der Waals surface area contributed by atoms with Crippen molar-refractivity contribution in [1.82, 2.24) is 4.98 Å². The maximum absolute atomic E-state index is 9.25. The quantitative estimate of drug-likeness (QED) is 0.874. The lowest BCUT2D eigenvalue weighted by Crippen LogP contribution is -2.29. The summed E-state index contributed by atoms with van der Waals surface area (Å²) in [4.78, 5) is 7.80. The van der Waals surface area contributed by atoms with E-state index >= 15 is 0 Å². The van der Waals surface area contributed by atoms with Crippen LogP contribution >= 0.6 is 11.3 Å². The molecular formula is C11H18N2O2S. The molecule has 0 saturated carbocycles. The van der Waals surface area contributed by atoms with Gasteiger partial charge in [0.15, 0.2) is 5.13 Å². The zero-order chi connectivity index (χ0) is 11.4. The summed E-state index contributed by atoms with van der Waals surface area (Å²) in [5, 5.41) is 10.3. The Morgan fingerprint density at radius 3 is 2.75 bits per heavy atom. The number of aliphatic hydroxyl groups is 1. The molecule has 2 rings (SSSR count). The molecule has 1 aromatic heterocycles. The molecule has 4 nitrogen and oxygen atoms in total. The van der Waals surface area contributed by atoms with Gasteiger partial charge in [0.25, 0.3) is 0 Å². The molecule has 0 amide bonds. The number of piperidine rings is 1. The summed E-state index contributed by atoms with van der Waals surface area (Å²) in [5.41, 5.74) is 0.885. The number of ether oxygens (including phenoxy) is 1. The van der Waals surface area contributed by atoms with Gasteiger partial charge in [0, 0.05) is 20.2 Å². The van der Waals surface area contributed by atoms with Crippen molar-refractivity contribution in [1.29, 1.82) is 0 Å². The van der Waals surface area contributed by atoms with Crippen molar-refractivity contribution in [2.45, 2.75) is 32.5 Å². The van der Waals surface area contributed by atoms with Crippen LogP contribution in [0.25, 0.3) is 0 Å². The monoisotopic (exact) mass is 242 g/mol. The lowest BCUT2D eigenvalue weighted by Gasteiger charge is -2.25. The Kier molecular flexibility index (Phi) is 4.15. The first kappa shape index (κ1) is 11.8. The lowest BCUT2D eigenvalue weighted by atomic mass is 10.1. The van der Waals surface area contributed by atoms with Gasteiger partial charge in [-0.15, -0.1) is 0 Å². The summed E-state index contributed by atoms with van der Waals surface area (Å²) < 4.78 is 5.09. The summed E-state index contributed by atoms with van der Waals surface area (Å²) in [6.07, 6.45) is 3.81. The molecule has 0 bridgehead atoms. The molecule has 0 unspecified atom stereocenters. The van der Waals surface area contributed by atoms with E-state index in [9.17, 15) is 5.11 Å². The molecular weight excluding hydrogens is 224 g/mol. The predicted octanol–water partition coefficient (Wildman–Crippen LogP) is 1.77. The van der Waals surface area contributed by atoms with Crippen molar-refractivity contribution in [3.8, 4) is 0 Å². The van der Waals surface area contributed by atoms with E-state index in [2.05, 4.69) is 9.88 Å². The van der Waals surface area contributed by atoms with E-state index in [1.54, 1.807) is 18.4 Å². The van der Waals surface area contributed by atoms with Crippen LogP contribution in [0.5, 0.6) is 0 Å². The fourth-order valence-electron chi connectivity index (χ4n) is 1.96. The third-order valence-corrected chi connectivity index (χ3v) is 3.96. The third kappa shape index (κ3) is 2.53. The minimum absolute atomic E-state index is 0.0597. The highest BCUT2D eigenvalue weighted by molar-refractivity contribution is 7.15. The molecule has 90 valence electrons. The van der Waals surface area contributed by atoms with Gasteiger partial charge in [0.2, 0.25) is 0 Å². The number of hydrogen-bond donors (Lipinski definition) is 1. The van der Waals surface area contributed by atoms with E-state index in [1.165, 1.54) is 19.3 Å². The lowest BCUT2D eigenvalue weighted by molar-refractivity contribution is 0.179. The Balaban J connectivity index is 2.14. The number of rotatable bonds is 4. The molecule has 5 heteroatoms. The van der Waals surface area contributed by atoms with Gasteiger partial charge in [-0.05, 0) is 19.3 Å². The van der Waals surface area contributed by atoms with E-state index in [0.29, 0.717) is 6.61 Å². The minimum Gasteiger partial charge on any atom is -0.391 e. The van der Waals surface area contributed by atoms with Crippen LogP contribution in [0.1, 0.15) is 29.8 Å². The molecule has 1 fully saturated rings. The molecule has 1 saturated heterocycles. The Morgan fingerprint density at radius 2 is 2.12 bits per heavy atom. The molecule has 1 aliphatic rings. The van der Waals surface area contributed by atoms with Crippen LogP contribution in [0.15, 0.2) is 0 Å². The number of thiazole rings is 1. The second kappa shape index (κ2) is 5.61. The zero-order valence-electron chi connectivity index (χ0n) is 9.61. The highest BCUT2D eigenvalue weighted by Crippen LogP contribution is 2.28. The van der Waals surface area contributed by atoms with Crippen LogP contribution < -0.4 is 4.90 Å². The SMILES string of the molecule is COCc1nc(N2CCCCC2)sc1CO. The minimum atomic E-state index is 0.0597. The van der Waals surface area contributed by atoms with Gasteiger partial charge in [0.1, 0.15) is 0 Å². The van der Waals surface area contributed by atoms with Crippen LogP contribution in [0.3, 0.4) is 0 Å². The maximum Gasteiger partial charge on any atom is 0.185 e. The van der Waals surface area contributed by atoms with Gasteiger partial charge in [-0.2, -0.15) is 0 Å². The van der Waals surface area contributed by atoms with Crippen molar-refractivity contribution in [2.24, 2.45) is 0 Å². The van der Waals surface area contributed by atoms with Gasteiger partial charge in [-0.1, -0.05) is 11.3 Å². The first-order valence-corrected chi connectivity index (χ1v) is 6.50. The molecule has 1 N–H and O–H groups in total. The zero-order valence-corrected chi connectivity index (χ0v) is 10.4. The summed E-state index contributed by atoms with van der Waals surface area (Å²) in [5.74, 6) is 0.